The molecule has 3 N–H and O–H groups in total. The number of carbonyl (C=O) groups excluding carboxylic acids is 2. The Morgan fingerprint density at radius 3 is 2.27 bits per heavy atom. The van der Waals surface area contributed by atoms with Gasteiger partial charge in [-0.15, -0.1) is 0 Å². The first kappa shape index (κ1) is 19.5. The largest absolute Gasteiger partial charge is 0.493 e. The molecule has 6 heteroatoms. The quantitative estimate of drug-likeness (QED) is 0.728. The first-order chi connectivity index (χ1) is 12.3. The fourth-order valence-electron chi connectivity index (χ4n) is 2.05. The van der Waals surface area contributed by atoms with E-state index in [0.29, 0.717) is 34.4 Å². The van der Waals surface area contributed by atoms with E-state index < -0.39 is 11.8 Å². The van der Waals surface area contributed by atoms with Crippen LogP contribution in [0.2, 0.25) is 5.02 Å². The molecular formula is C20H21ClN2O3. The van der Waals surface area contributed by atoms with Crippen LogP contribution in [0.4, 0.5) is 0 Å². The molecule has 26 heavy (non-hydrogen) atoms. The van der Waals surface area contributed by atoms with Crippen LogP contribution in [-0.2, 0) is 4.79 Å². The maximum absolute atomic E-state index is 12.4. The number of rotatable bonds is 7. The zero-order valence-corrected chi connectivity index (χ0v) is 15.4. The van der Waals surface area contributed by atoms with Crippen molar-refractivity contribution in [3.63, 3.8) is 0 Å². The number of benzene rings is 2. The lowest BCUT2D eigenvalue weighted by molar-refractivity contribution is -0.114. The van der Waals surface area contributed by atoms with Crippen molar-refractivity contribution in [2.24, 2.45) is 11.7 Å². The van der Waals surface area contributed by atoms with Gasteiger partial charge in [0.05, 0.1) is 6.61 Å². The third kappa shape index (κ3) is 5.93. The van der Waals surface area contributed by atoms with E-state index in [9.17, 15) is 9.59 Å². The molecule has 0 aliphatic heterocycles. The summed E-state index contributed by atoms with van der Waals surface area (Å²) in [4.78, 5) is 24.0. The van der Waals surface area contributed by atoms with Crippen LogP contribution < -0.4 is 15.8 Å². The number of amides is 2. The Bertz CT molecular complexity index is 797. The minimum atomic E-state index is -0.731. The van der Waals surface area contributed by atoms with Crippen LogP contribution in [-0.4, -0.2) is 18.4 Å². The van der Waals surface area contributed by atoms with E-state index in [1.807, 2.05) is 0 Å². The molecule has 0 spiro atoms. The number of hydrogen-bond donors (Lipinski definition) is 2. The molecule has 0 aromatic heterocycles. The lowest BCUT2D eigenvalue weighted by Crippen LogP contribution is -2.31. The molecule has 0 fully saturated rings. The second-order valence-corrected chi connectivity index (χ2v) is 6.59. The van der Waals surface area contributed by atoms with Gasteiger partial charge in [0.15, 0.2) is 0 Å². The van der Waals surface area contributed by atoms with E-state index in [0.717, 1.165) is 0 Å². The van der Waals surface area contributed by atoms with E-state index in [-0.39, 0.29) is 5.70 Å². The predicted molar refractivity (Wildman–Crippen MR) is 103 cm³/mol. The molecule has 0 unspecified atom stereocenters. The monoisotopic (exact) mass is 372 g/mol. The van der Waals surface area contributed by atoms with Gasteiger partial charge in [0.25, 0.3) is 11.8 Å². The number of halogens is 1. The highest BCUT2D eigenvalue weighted by Crippen LogP contribution is 2.15. The maximum atomic E-state index is 12.4. The summed E-state index contributed by atoms with van der Waals surface area (Å²) >= 11 is 5.84. The number of hydrogen-bond acceptors (Lipinski definition) is 3. The predicted octanol–water partition coefficient (Wildman–Crippen LogP) is 3.63. The van der Waals surface area contributed by atoms with Crippen LogP contribution in [0.15, 0.2) is 54.2 Å². The molecule has 0 heterocycles. The summed E-state index contributed by atoms with van der Waals surface area (Å²) < 4.78 is 5.58. The summed E-state index contributed by atoms with van der Waals surface area (Å²) in [6.45, 7) is 4.71. The van der Waals surface area contributed by atoms with Gasteiger partial charge in [-0.1, -0.05) is 37.6 Å². The molecule has 2 rings (SSSR count). The van der Waals surface area contributed by atoms with Crippen LogP contribution in [0.5, 0.6) is 5.75 Å². The second-order valence-electron chi connectivity index (χ2n) is 6.16. The van der Waals surface area contributed by atoms with Crippen molar-refractivity contribution >= 4 is 29.5 Å². The molecule has 0 radical (unpaired) electrons. The van der Waals surface area contributed by atoms with Crippen molar-refractivity contribution in [3.8, 4) is 5.75 Å². The standard InChI is InChI=1S/C20H21ClN2O3/c1-13(2)12-26-17-9-5-15(6-10-17)20(25)23-18(19(22)24)11-14-3-7-16(21)8-4-14/h3-11,13H,12H2,1-2H3,(H2,22,24)(H,23,25). The third-order valence-corrected chi connectivity index (χ3v) is 3.65. The van der Waals surface area contributed by atoms with Crippen LogP contribution in [0.1, 0.15) is 29.8 Å². The molecule has 0 saturated carbocycles. The number of primary amides is 1. The molecule has 2 amide bonds. The fraction of sp³-hybridized carbons (Fsp3) is 0.200. The van der Waals surface area contributed by atoms with Crippen molar-refractivity contribution in [3.05, 3.63) is 70.4 Å². The van der Waals surface area contributed by atoms with Crippen molar-refractivity contribution < 1.29 is 14.3 Å². The molecule has 2 aromatic rings. The van der Waals surface area contributed by atoms with Gasteiger partial charge in [0, 0.05) is 10.6 Å². The SMILES string of the molecule is CC(C)COc1ccc(C(=O)NC(=Cc2ccc(Cl)cc2)C(N)=O)cc1. The molecule has 5 nitrogen and oxygen atoms in total. The van der Waals surface area contributed by atoms with E-state index in [1.54, 1.807) is 48.5 Å². The summed E-state index contributed by atoms with van der Waals surface area (Å²) in [6, 6.07) is 13.5. The molecule has 0 aliphatic carbocycles. The molecule has 0 aliphatic rings. The molecule has 0 atom stereocenters. The number of nitrogens with two attached hydrogens (primary N) is 1. The van der Waals surface area contributed by atoms with Gasteiger partial charge in [-0.3, -0.25) is 9.59 Å². The van der Waals surface area contributed by atoms with Crippen LogP contribution >= 0.6 is 11.6 Å². The summed E-state index contributed by atoms with van der Waals surface area (Å²) in [7, 11) is 0. The number of nitrogens with one attached hydrogen (secondary N) is 1. The number of carbonyl (C=O) groups is 2. The first-order valence-electron chi connectivity index (χ1n) is 8.16. The molecule has 2 aromatic carbocycles. The highest BCUT2D eigenvalue weighted by Gasteiger charge is 2.12. The van der Waals surface area contributed by atoms with Crippen LogP contribution in [0.25, 0.3) is 6.08 Å². The highest BCUT2D eigenvalue weighted by molar-refractivity contribution is 6.30. The average molecular weight is 373 g/mol. The van der Waals surface area contributed by atoms with Gasteiger partial charge in [-0.2, -0.15) is 0 Å². The lowest BCUT2D eigenvalue weighted by Gasteiger charge is -2.10. The van der Waals surface area contributed by atoms with E-state index in [2.05, 4.69) is 19.2 Å². The smallest absolute Gasteiger partial charge is 0.265 e. The van der Waals surface area contributed by atoms with E-state index in [4.69, 9.17) is 22.1 Å². The zero-order valence-electron chi connectivity index (χ0n) is 14.7. The number of ether oxygens (including phenoxy) is 1. The first-order valence-corrected chi connectivity index (χ1v) is 8.54. The summed E-state index contributed by atoms with van der Waals surface area (Å²) in [5.74, 6) is -0.0687. The van der Waals surface area contributed by atoms with Crippen molar-refractivity contribution in [2.45, 2.75) is 13.8 Å². The Kier molecular flexibility index (Phi) is 6.81. The Labute approximate surface area is 157 Å². The summed E-state index contributed by atoms with van der Waals surface area (Å²) in [5, 5.41) is 3.11. The van der Waals surface area contributed by atoms with Crippen molar-refractivity contribution in [1.29, 1.82) is 0 Å². The summed E-state index contributed by atoms with van der Waals surface area (Å²) in [5.41, 5.74) is 6.45. The second kappa shape index (κ2) is 9.06. The van der Waals surface area contributed by atoms with E-state index >= 15 is 0 Å². The Hall–Kier alpha value is -2.79. The Morgan fingerprint density at radius 1 is 1.12 bits per heavy atom. The zero-order chi connectivity index (χ0) is 19.1. The highest BCUT2D eigenvalue weighted by atomic mass is 35.5. The van der Waals surface area contributed by atoms with Crippen LogP contribution in [0.3, 0.4) is 0 Å². The topological polar surface area (TPSA) is 81.4 Å². The third-order valence-electron chi connectivity index (χ3n) is 3.39. The van der Waals surface area contributed by atoms with Gasteiger partial charge in [0.2, 0.25) is 0 Å². The molecule has 136 valence electrons. The van der Waals surface area contributed by atoms with Gasteiger partial charge in [-0.25, -0.2) is 0 Å². The van der Waals surface area contributed by atoms with Gasteiger partial charge in [-0.05, 0) is 54.0 Å². The molecular weight excluding hydrogens is 352 g/mol. The Morgan fingerprint density at radius 2 is 1.73 bits per heavy atom. The molecule has 0 saturated heterocycles. The Balaban J connectivity index is 2.10. The van der Waals surface area contributed by atoms with Crippen LogP contribution in [0, 0.1) is 5.92 Å². The normalized spacial score (nSPS) is 11.3. The fourth-order valence-corrected chi connectivity index (χ4v) is 2.18. The van der Waals surface area contributed by atoms with E-state index in [1.165, 1.54) is 6.08 Å². The molecule has 0 bridgehead atoms. The minimum absolute atomic E-state index is 0.00235. The average Bonchev–Trinajstić information content (AvgIpc) is 2.61. The summed E-state index contributed by atoms with van der Waals surface area (Å²) in [6.07, 6.45) is 1.50. The van der Waals surface area contributed by atoms with Gasteiger partial charge >= 0.3 is 0 Å². The minimum Gasteiger partial charge on any atom is -0.493 e. The maximum Gasteiger partial charge on any atom is 0.265 e. The lowest BCUT2D eigenvalue weighted by atomic mass is 10.1. The van der Waals surface area contributed by atoms with Crippen molar-refractivity contribution in [1.82, 2.24) is 5.32 Å². The van der Waals surface area contributed by atoms with Crippen molar-refractivity contribution in [2.75, 3.05) is 6.61 Å². The van der Waals surface area contributed by atoms with Gasteiger partial charge in [0.1, 0.15) is 11.4 Å². The van der Waals surface area contributed by atoms with Gasteiger partial charge < -0.3 is 15.8 Å².